The van der Waals surface area contributed by atoms with Crippen molar-refractivity contribution in [3.8, 4) is 0 Å². The summed E-state index contributed by atoms with van der Waals surface area (Å²) in [4.78, 5) is 14.3. The van der Waals surface area contributed by atoms with Crippen LogP contribution in [0.2, 0.25) is 0 Å². The lowest BCUT2D eigenvalue weighted by molar-refractivity contribution is -0.120. The van der Waals surface area contributed by atoms with Crippen LogP contribution in [0.25, 0.3) is 0 Å². The quantitative estimate of drug-likeness (QED) is 0.773. The molecule has 0 radical (unpaired) electrons. The molecule has 0 aliphatic rings. The smallest absolute Gasteiger partial charge is 0.224 e. The lowest BCUT2D eigenvalue weighted by Crippen LogP contribution is -2.35. The monoisotopic (exact) mass is 311 g/mol. The molecule has 122 valence electrons. The summed E-state index contributed by atoms with van der Waals surface area (Å²) in [7, 11) is 0. The minimum absolute atomic E-state index is 0.0371. The number of benzene rings is 2. The zero-order chi connectivity index (χ0) is 16.7. The maximum absolute atomic E-state index is 12.0. The normalized spacial score (nSPS) is 10.3. The molecule has 0 atom stereocenters. The number of carbonyl (C=O) groups excluding carboxylic acids is 1. The number of anilines is 2. The Bertz CT molecular complexity index is 637. The third-order valence-corrected chi connectivity index (χ3v) is 3.80. The SMILES string of the molecule is CCN(CCNC(=O)Cc1ccc(N)cc1)c1cccc(C)c1. The number of carbonyl (C=O) groups is 1. The van der Waals surface area contributed by atoms with Crippen molar-refractivity contribution in [2.24, 2.45) is 0 Å². The largest absolute Gasteiger partial charge is 0.399 e. The zero-order valence-electron chi connectivity index (χ0n) is 13.9. The van der Waals surface area contributed by atoms with Crippen molar-refractivity contribution in [3.05, 3.63) is 59.7 Å². The van der Waals surface area contributed by atoms with E-state index in [-0.39, 0.29) is 5.91 Å². The van der Waals surface area contributed by atoms with Crippen LogP contribution in [0.4, 0.5) is 11.4 Å². The third-order valence-electron chi connectivity index (χ3n) is 3.80. The summed E-state index contributed by atoms with van der Waals surface area (Å²) in [5.41, 5.74) is 9.77. The Balaban J connectivity index is 1.80. The minimum atomic E-state index is 0.0371. The van der Waals surface area contributed by atoms with Crippen LogP contribution in [0.1, 0.15) is 18.1 Å². The summed E-state index contributed by atoms with van der Waals surface area (Å²) in [5, 5.41) is 2.98. The fourth-order valence-electron chi connectivity index (χ4n) is 2.51. The molecule has 4 heteroatoms. The molecule has 3 N–H and O–H groups in total. The standard InChI is InChI=1S/C19H25N3O/c1-3-22(18-6-4-5-15(2)13-18)12-11-21-19(23)14-16-7-9-17(20)10-8-16/h4-10,13H,3,11-12,14,20H2,1-2H3,(H,21,23). The van der Waals surface area contributed by atoms with Gasteiger partial charge in [0, 0.05) is 31.0 Å². The molecule has 1 amide bonds. The van der Waals surface area contributed by atoms with Gasteiger partial charge in [0.15, 0.2) is 0 Å². The molecule has 4 nitrogen and oxygen atoms in total. The first-order valence-electron chi connectivity index (χ1n) is 8.01. The second kappa shape index (κ2) is 8.22. The molecule has 0 unspecified atom stereocenters. The lowest BCUT2D eigenvalue weighted by Gasteiger charge is -2.23. The number of hydrogen-bond acceptors (Lipinski definition) is 3. The Morgan fingerprint density at radius 1 is 1.17 bits per heavy atom. The van der Waals surface area contributed by atoms with Crippen LogP contribution in [-0.2, 0) is 11.2 Å². The fraction of sp³-hybridized carbons (Fsp3) is 0.316. The Morgan fingerprint density at radius 3 is 2.57 bits per heavy atom. The number of nitrogens with zero attached hydrogens (tertiary/aromatic N) is 1. The van der Waals surface area contributed by atoms with Crippen LogP contribution in [0.3, 0.4) is 0 Å². The fourth-order valence-corrected chi connectivity index (χ4v) is 2.51. The number of nitrogens with one attached hydrogen (secondary N) is 1. The van der Waals surface area contributed by atoms with Gasteiger partial charge in [0.2, 0.25) is 5.91 Å². The molecule has 2 aromatic rings. The number of amides is 1. The van der Waals surface area contributed by atoms with E-state index < -0.39 is 0 Å². The first kappa shape index (κ1) is 16.9. The second-order valence-electron chi connectivity index (χ2n) is 5.69. The molecule has 0 aliphatic carbocycles. The Hall–Kier alpha value is -2.49. The molecular weight excluding hydrogens is 286 g/mol. The van der Waals surface area contributed by atoms with Gasteiger partial charge in [0.25, 0.3) is 0 Å². The van der Waals surface area contributed by atoms with Crippen molar-refractivity contribution in [1.29, 1.82) is 0 Å². The zero-order valence-corrected chi connectivity index (χ0v) is 13.9. The number of nitrogen functional groups attached to an aromatic ring is 1. The molecule has 0 spiro atoms. The van der Waals surface area contributed by atoms with Crippen molar-refractivity contribution in [1.82, 2.24) is 5.32 Å². The molecule has 0 aromatic heterocycles. The van der Waals surface area contributed by atoms with Crippen LogP contribution in [0.5, 0.6) is 0 Å². The lowest BCUT2D eigenvalue weighted by atomic mass is 10.1. The van der Waals surface area contributed by atoms with Gasteiger partial charge in [-0.3, -0.25) is 4.79 Å². The summed E-state index contributed by atoms with van der Waals surface area (Å²) >= 11 is 0. The van der Waals surface area contributed by atoms with Gasteiger partial charge in [-0.15, -0.1) is 0 Å². The highest BCUT2D eigenvalue weighted by Gasteiger charge is 2.06. The number of aryl methyl sites for hydroxylation is 1. The van der Waals surface area contributed by atoms with Crippen LogP contribution in [-0.4, -0.2) is 25.5 Å². The molecular formula is C19H25N3O. The number of likely N-dealkylation sites (N-methyl/N-ethyl adjacent to an activating group) is 1. The first-order valence-corrected chi connectivity index (χ1v) is 8.01. The van der Waals surface area contributed by atoms with Gasteiger partial charge < -0.3 is 16.0 Å². The predicted molar refractivity (Wildman–Crippen MR) is 96.6 cm³/mol. The molecule has 0 saturated carbocycles. The maximum Gasteiger partial charge on any atom is 0.224 e. The van der Waals surface area contributed by atoms with Gasteiger partial charge in [0.1, 0.15) is 0 Å². The van der Waals surface area contributed by atoms with E-state index in [4.69, 9.17) is 5.73 Å². The van der Waals surface area contributed by atoms with Gasteiger partial charge in [-0.05, 0) is 49.2 Å². The van der Waals surface area contributed by atoms with Crippen molar-refractivity contribution < 1.29 is 4.79 Å². The molecule has 2 aromatic carbocycles. The maximum atomic E-state index is 12.0. The summed E-state index contributed by atoms with van der Waals surface area (Å²) in [6.07, 6.45) is 0.386. The van der Waals surface area contributed by atoms with Crippen molar-refractivity contribution in [3.63, 3.8) is 0 Å². The summed E-state index contributed by atoms with van der Waals surface area (Å²) in [5.74, 6) is 0.0371. The van der Waals surface area contributed by atoms with Gasteiger partial charge in [-0.1, -0.05) is 24.3 Å². The van der Waals surface area contributed by atoms with E-state index >= 15 is 0 Å². The van der Waals surface area contributed by atoms with E-state index in [9.17, 15) is 4.79 Å². The van der Waals surface area contributed by atoms with Crippen molar-refractivity contribution in [2.75, 3.05) is 30.3 Å². The van der Waals surface area contributed by atoms with Crippen molar-refractivity contribution >= 4 is 17.3 Å². The highest BCUT2D eigenvalue weighted by Crippen LogP contribution is 2.15. The first-order chi connectivity index (χ1) is 11.1. The molecule has 0 bridgehead atoms. The van der Waals surface area contributed by atoms with E-state index in [2.05, 4.69) is 48.3 Å². The highest BCUT2D eigenvalue weighted by molar-refractivity contribution is 5.78. The minimum Gasteiger partial charge on any atom is -0.399 e. The van der Waals surface area contributed by atoms with Crippen LogP contribution < -0.4 is 16.0 Å². The Morgan fingerprint density at radius 2 is 1.91 bits per heavy atom. The van der Waals surface area contributed by atoms with Gasteiger partial charge >= 0.3 is 0 Å². The molecule has 0 saturated heterocycles. The molecule has 0 fully saturated rings. The van der Waals surface area contributed by atoms with Gasteiger partial charge in [-0.2, -0.15) is 0 Å². The number of hydrogen-bond donors (Lipinski definition) is 2. The average molecular weight is 311 g/mol. The molecule has 2 rings (SSSR count). The highest BCUT2D eigenvalue weighted by atomic mass is 16.1. The number of nitrogens with two attached hydrogens (primary N) is 1. The Kier molecular flexibility index (Phi) is 6.03. The van der Waals surface area contributed by atoms with E-state index in [0.29, 0.717) is 18.7 Å². The van der Waals surface area contributed by atoms with E-state index in [1.165, 1.54) is 11.3 Å². The third kappa shape index (κ3) is 5.33. The topological polar surface area (TPSA) is 58.4 Å². The van der Waals surface area contributed by atoms with Gasteiger partial charge in [-0.25, -0.2) is 0 Å². The molecule has 23 heavy (non-hydrogen) atoms. The second-order valence-corrected chi connectivity index (χ2v) is 5.69. The summed E-state index contributed by atoms with van der Waals surface area (Å²) < 4.78 is 0. The molecule has 0 aliphatic heterocycles. The van der Waals surface area contributed by atoms with Crippen LogP contribution in [0, 0.1) is 6.92 Å². The molecule has 0 heterocycles. The van der Waals surface area contributed by atoms with E-state index in [1.807, 2.05) is 24.3 Å². The van der Waals surface area contributed by atoms with Crippen LogP contribution >= 0.6 is 0 Å². The summed E-state index contributed by atoms with van der Waals surface area (Å²) in [6, 6.07) is 15.8. The Labute approximate surface area is 138 Å². The van der Waals surface area contributed by atoms with Crippen LogP contribution in [0.15, 0.2) is 48.5 Å². The number of rotatable bonds is 7. The predicted octanol–water partition coefficient (Wildman–Crippen LogP) is 2.76. The van der Waals surface area contributed by atoms with E-state index in [1.54, 1.807) is 0 Å². The summed E-state index contributed by atoms with van der Waals surface area (Å²) in [6.45, 7) is 6.56. The van der Waals surface area contributed by atoms with Gasteiger partial charge in [0.05, 0.1) is 6.42 Å². The van der Waals surface area contributed by atoms with E-state index in [0.717, 1.165) is 18.7 Å². The average Bonchev–Trinajstić information content (AvgIpc) is 2.54. The van der Waals surface area contributed by atoms with Crippen molar-refractivity contribution in [2.45, 2.75) is 20.3 Å².